The van der Waals surface area contributed by atoms with Crippen LogP contribution in [0.15, 0.2) is 83.3 Å². The second-order valence-corrected chi connectivity index (χ2v) is 9.23. The predicted molar refractivity (Wildman–Crippen MR) is 145 cm³/mol. The van der Waals surface area contributed by atoms with E-state index in [1.165, 1.54) is 29.2 Å². The van der Waals surface area contributed by atoms with E-state index in [-0.39, 0.29) is 11.5 Å². The highest BCUT2D eigenvalue weighted by Gasteiger charge is 2.45. The minimum atomic E-state index is -1.08. The van der Waals surface area contributed by atoms with Crippen LogP contribution in [0, 0.1) is 0 Å². The van der Waals surface area contributed by atoms with Gasteiger partial charge in [-0.3, -0.25) is 24.7 Å². The lowest BCUT2D eigenvalue weighted by Gasteiger charge is -2.24. The van der Waals surface area contributed by atoms with Crippen LogP contribution in [0.3, 0.4) is 0 Å². The van der Waals surface area contributed by atoms with Gasteiger partial charge in [-0.2, -0.15) is 0 Å². The van der Waals surface area contributed by atoms with Gasteiger partial charge in [0.25, 0.3) is 11.8 Å². The maximum absolute atomic E-state index is 13.4. The minimum absolute atomic E-state index is 0.0434. The maximum Gasteiger partial charge on any atom is 0.337 e. The number of nitrogens with zero attached hydrogens (tertiary/aromatic N) is 2. The van der Waals surface area contributed by atoms with Crippen molar-refractivity contribution in [3.63, 3.8) is 0 Å². The highest BCUT2D eigenvalue weighted by atomic mass is 79.9. The number of benzene rings is 3. The average Bonchev–Trinajstić information content (AvgIpc) is 3.13. The van der Waals surface area contributed by atoms with Crippen molar-refractivity contribution in [3.05, 3.63) is 94.5 Å². The Bertz CT molecular complexity index is 1350. The molecule has 37 heavy (non-hydrogen) atoms. The Hall–Kier alpha value is -4.09. The number of ether oxygens (including phenoxy) is 1. The number of rotatable bonds is 7. The Kier molecular flexibility index (Phi) is 7.95. The summed E-state index contributed by atoms with van der Waals surface area (Å²) >= 11 is 8.88. The van der Waals surface area contributed by atoms with Crippen LogP contribution in [-0.2, 0) is 14.3 Å². The molecule has 1 fully saturated rings. The monoisotopic (exact) mass is 580 g/mol. The second-order valence-electron chi connectivity index (χ2n) is 7.95. The number of amides is 3. The Balaban J connectivity index is 1.55. The van der Waals surface area contributed by atoms with Crippen LogP contribution in [0.2, 0.25) is 0 Å². The molecule has 2 N–H and O–H groups in total. The van der Waals surface area contributed by atoms with Crippen molar-refractivity contribution in [1.29, 1.82) is 0 Å². The number of thiocarbonyl (C=S) groups is 1. The van der Waals surface area contributed by atoms with Crippen LogP contribution in [-0.4, -0.2) is 47.0 Å². The van der Waals surface area contributed by atoms with E-state index < -0.39 is 29.7 Å². The molecule has 3 aromatic rings. The van der Waals surface area contributed by atoms with E-state index >= 15 is 0 Å². The summed E-state index contributed by atoms with van der Waals surface area (Å²) in [6.07, 6.45) is -0.290. The summed E-state index contributed by atoms with van der Waals surface area (Å²) in [5.41, 5.74) is 4.31. The number of methoxy groups -OCH3 is 1. The van der Waals surface area contributed by atoms with Gasteiger partial charge in [0.15, 0.2) is 0 Å². The zero-order chi connectivity index (χ0) is 26.5. The molecular weight excluding hydrogens is 560 g/mol. The molecule has 0 aliphatic carbocycles. The Morgan fingerprint density at radius 3 is 2.19 bits per heavy atom. The van der Waals surface area contributed by atoms with Crippen molar-refractivity contribution >= 4 is 68.3 Å². The largest absolute Gasteiger partial charge is 0.465 e. The third-order valence-corrected chi connectivity index (χ3v) is 6.43. The van der Waals surface area contributed by atoms with Crippen molar-refractivity contribution in [1.82, 2.24) is 10.4 Å². The number of para-hydroxylation sites is 1. The predicted octanol–water partition coefficient (Wildman–Crippen LogP) is 3.91. The van der Waals surface area contributed by atoms with E-state index in [2.05, 4.69) is 31.4 Å². The van der Waals surface area contributed by atoms with Crippen molar-refractivity contribution < 1.29 is 23.9 Å². The molecule has 1 saturated heterocycles. The normalized spacial score (nSPS) is 14.9. The summed E-state index contributed by atoms with van der Waals surface area (Å²) in [6.45, 7) is 0. The van der Waals surface area contributed by atoms with Gasteiger partial charge in [-0.25, -0.2) is 9.80 Å². The van der Waals surface area contributed by atoms with Gasteiger partial charge in [0.05, 0.1) is 24.8 Å². The van der Waals surface area contributed by atoms with Crippen LogP contribution >= 0.6 is 28.1 Å². The molecule has 9 nitrogen and oxygen atoms in total. The van der Waals surface area contributed by atoms with Gasteiger partial charge in [-0.05, 0) is 72.9 Å². The SMILES string of the molecule is COC(=O)c1ccc(NC(=O)CC2C(=O)N(c3ccccc3)C(=S)N2NC(=O)c2ccc(Br)cc2)cc1. The van der Waals surface area contributed by atoms with Crippen molar-refractivity contribution in [3.8, 4) is 0 Å². The van der Waals surface area contributed by atoms with Gasteiger partial charge in [-0.1, -0.05) is 34.1 Å². The summed E-state index contributed by atoms with van der Waals surface area (Å²) in [4.78, 5) is 52.2. The van der Waals surface area contributed by atoms with Gasteiger partial charge < -0.3 is 10.1 Å². The zero-order valence-corrected chi connectivity index (χ0v) is 21.9. The van der Waals surface area contributed by atoms with Gasteiger partial charge in [0.2, 0.25) is 11.0 Å². The number of hydrazine groups is 1. The molecule has 0 bridgehead atoms. The van der Waals surface area contributed by atoms with E-state index in [1.54, 1.807) is 66.7 Å². The molecular formula is C26H21BrN4O5S. The van der Waals surface area contributed by atoms with E-state index in [0.29, 0.717) is 22.5 Å². The molecule has 3 aromatic carbocycles. The smallest absolute Gasteiger partial charge is 0.337 e. The molecule has 0 aromatic heterocycles. The molecule has 11 heteroatoms. The molecule has 1 heterocycles. The standard InChI is InChI=1S/C26H21BrN4O5S/c1-36-25(35)17-9-13-19(14-10-17)28-22(32)15-21-24(34)30(20-5-3-2-4-6-20)26(37)31(21)29-23(33)16-7-11-18(27)12-8-16/h2-14,21H,15H2,1H3,(H,28,32)(H,29,33). The minimum Gasteiger partial charge on any atom is -0.465 e. The first-order chi connectivity index (χ1) is 17.8. The quantitative estimate of drug-likeness (QED) is 0.322. The number of carbonyl (C=O) groups excluding carboxylic acids is 4. The molecule has 3 amide bonds. The number of halogens is 1. The van der Waals surface area contributed by atoms with Gasteiger partial charge in [0.1, 0.15) is 6.04 Å². The summed E-state index contributed by atoms with van der Waals surface area (Å²) in [7, 11) is 1.28. The van der Waals surface area contributed by atoms with Crippen molar-refractivity contribution in [2.24, 2.45) is 0 Å². The number of anilines is 2. The van der Waals surface area contributed by atoms with E-state index in [9.17, 15) is 19.2 Å². The van der Waals surface area contributed by atoms with Crippen molar-refractivity contribution in [2.45, 2.75) is 12.5 Å². The molecule has 1 aliphatic heterocycles. The topological polar surface area (TPSA) is 108 Å². The van der Waals surface area contributed by atoms with Crippen LogP contribution in [0.5, 0.6) is 0 Å². The molecule has 0 spiro atoms. The molecule has 0 radical (unpaired) electrons. The number of hydrogen-bond donors (Lipinski definition) is 2. The molecule has 1 atom stereocenters. The third-order valence-electron chi connectivity index (χ3n) is 5.53. The van der Waals surface area contributed by atoms with E-state index in [4.69, 9.17) is 12.2 Å². The van der Waals surface area contributed by atoms with Gasteiger partial charge >= 0.3 is 5.97 Å². The van der Waals surface area contributed by atoms with Gasteiger partial charge in [-0.15, -0.1) is 0 Å². The zero-order valence-electron chi connectivity index (χ0n) is 19.5. The summed E-state index contributed by atoms with van der Waals surface area (Å²) < 4.78 is 5.48. The molecule has 0 saturated carbocycles. The number of carbonyl (C=O) groups is 4. The Morgan fingerprint density at radius 1 is 0.946 bits per heavy atom. The highest BCUT2D eigenvalue weighted by molar-refractivity contribution is 9.10. The average molecular weight is 581 g/mol. The fourth-order valence-electron chi connectivity index (χ4n) is 3.68. The highest BCUT2D eigenvalue weighted by Crippen LogP contribution is 2.26. The number of hydrogen-bond acceptors (Lipinski definition) is 6. The van der Waals surface area contributed by atoms with Crippen LogP contribution < -0.4 is 15.6 Å². The third kappa shape index (κ3) is 5.84. The molecule has 4 rings (SSSR count). The van der Waals surface area contributed by atoms with Crippen molar-refractivity contribution in [2.75, 3.05) is 17.3 Å². The fraction of sp³-hybridized carbons (Fsp3) is 0.115. The van der Waals surface area contributed by atoms with E-state index in [1.807, 2.05) is 0 Å². The number of esters is 1. The summed E-state index contributed by atoms with van der Waals surface area (Å²) in [5.74, 6) is -1.92. The fourth-order valence-corrected chi connectivity index (χ4v) is 4.32. The lowest BCUT2D eigenvalue weighted by atomic mass is 10.1. The Labute approximate surface area is 226 Å². The first-order valence-electron chi connectivity index (χ1n) is 11.1. The molecule has 188 valence electrons. The first kappa shape index (κ1) is 26.0. The maximum atomic E-state index is 13.4. The van der Waals surface area contributed by atoms with E-state index in [0.717, 1.165) is 4.47 Å². The molecule has 1 unspecified atom stereocenters. The first-order valence-corrected chi connectivity index (χ1v) is 12.3. The second kappa shape index (κ2) is 11.3. The Morgan fingerprint density at radius 2 is 1.57 bits per heavy atom. The lowest BCUT2D eigenvalue weighted by Crippen LogP contribution is -2.49. The van der Waals surface area contributed by atoms with Crippen LogP contribution in [0.25, 0.3) is 0 Å². The number of nitrogens with one attached hydrogen (secondary N) is 2. The van der Waals surface area contributed by atoms with Crippen LogP contribution in [0.4, 0.5) is 11.4 Å². The van der Waals surface area contributed by atoms with Crippen LogP contribution in [0.1, 0.15) is 27.1 Å². The summed E-state index contributed by atoms with van der Waals surface area (Å²) in [6, 6.07) is 20.5. The molecule has 1 aliphatic rings. The summed E-state index contributed by atoms with van der Waals surface area (Å²) in [5, 5.41) is 3.99. The van der Waals surface area contributed by atoms with Gasteiger partial charge in [0, 0.05) is 15.7 Å². The lowest BCUT2D eigenvalue weighted by molar-refractivity contribution is -0.124.